The second-order valence-electron chi connectivity index (χ2n) is 6.93. The Labute approximate surface area is 190 Å². The number of nitriles is 1. The Bertz CT molecular complexity index is 1670. The number of benzene rings is 2. The van der Waals surface area contributed by atoms with Crippen molar-refractivity contribution in [2.45, 2.75) is 4.90 Å². The minimum atomic E-state index is -4.42. The zero-order chi connectivity index (χ0) is 24.6. The van der Waals surface area contributed by atoms with Crippen LogP contribution in [0.2, 0.25) is 0 Å². The van der Waals surface area contributed by atoms with Crippen molar-refractivity contribution in [3.63, 3.8) is 0 Å². The summed E-state index contributed by atoms with van der Waals surface area (Å²) in [5, 5.41) is 22.3. The van der Waals surface area contributed by atoms with Gasteiger partial charge < -0.3 is 10.4 Å². The molecule has 4 rings (SSSR count). The van der Waals surface area contributed by atoms with E-state index in [0.717, 1.165) is 12.1 Å². The SMILES string of the molecule is N#C/C(C(=O)Nc1ccc(S(=O)(=O)O)cc1)=C1/N=C(c2c(O)[nH]c(=O)[nH]c2=O)c2ccccc21. The second kappa shape index (κ2) is 8.28. The topological polar surface area (TPSA) is 206 Å². The molecule has 0 bridgehead atoms. The lowest BCUT2D eigenvalue weighted by molar-refractivity contribution is -0.112. The predicted octanol–water partition coefficient (Wildman–Crippen LogP) is 0.740. The van der Waals surface area contributed by atoms with Crippen molar-refractivity contribution >= 4 is 33.1 Å². The molecule has 1 aliphatic rings. The van der Waals surface area contributed by atoms with Gasteiger partial charge in [-0.2, -0.15) is 13.7 Å². The molecule has 1 amide bonds. The third-order valence-electron chi connectivity index (χ3n) is 4.81. The summed E-state index contributed by atoms with van der Waals surface area (Å²) >= 11 is 0. The molecule has 0 saturated carbocycles. The smallest absolute Gasteiger partial charge is 0.328 e. The number of anilines is 1. The van der Waals surface area contributed by atoms with Gasteiger partial charge in [-0.15, -0.1) is 0 Å². The highest BCUT2D eigenvalue weighted by molar-refractivity contribution is 7.85. The highest BCUT2D eigenvalue weighted by Gasteiger charge is 2.30. The first-order chi connectivity index (χ1) is 16.1. The van der Waals surface area contributed by atoms with E-state index in [1.54, 1.807) is 30.3 Å². The molecule has 34 heavy (non-hydrogen) atoms. The van der Waals surface area contributed by atoms with Gasteiger partial charge in [-0.05, 0) is 24.3 Å². The molecule has 13 heteroatoms. The highest BCUT2D eigenvalue weighted by Crippen LogP contribution is 2.34. The maximum atomic E-state index is 12.9. The molecular formula is C21H13N5O7S. The first kappa shape index (κ1) is 22.4. The summed E-state index contributed by atoms with van der Waals surface area (Å²) < 4.78 is 31.4. The van der Waals surface area contributed by atoms with Crippen LogP contribution in [0.3, 0.4) is 0 Å². The van der Waals surface area contributed by atoms with Gasteiger partial charge in [-0.25, -0.2) is 9.79 Å². The van der Waals surface area contributed by atoms with Crippen molar-refractivity contribution in [3.05, 3.63) is 91.6 Å². The van der Waals surface area contributed by atoms with E-state index >= 15 is 0 Å². The van der Waals surface area contributed by atoms with Crippen molar-refractivity contribution in [1.82, 2.24) is 9.97 Å². The van der Waals surface area contributed by atoms with Crippen molar-refractivity contribution in [2.75, 3.05) is 5.32 Å². The summed E-state index contributed by atoms with van der Waals surface area (Å²) in [6.45, 7) is 0. The lowest BCUT2D eigenvalue weighted by atomic mass is 9.99. The van der Waals surface area contributed by atoms with Crippen LogP contribution in [0.15, 0.2) is 73.6 Å². The summed E-state index contributed by atoms with van der Waals surface area (Å²) in [6, 6.07) is 12.7. The molecule has 170 valence electrons. The molecule has 1 aliphatic heterocycles. The number of amides is 1. The van der Waals surface area contributed by atoms with Gasteiger partial charge in [-0.1, -0.05) is 24.3 Å². The number of hydrogen-bond acceptors (Lipinski definition) is 8. The van der Waals surface area contributed by atoms with Gasteiger partial charge in [0.2, 0.25) is 5.88 Å². The van der Waals surface area contributed by atoms with E-state index in [4.69, 9.17) is 4.55 Å². The van der Waals surface area contributed by atoms with Crippen LogP contribution in [0, 0.1) is 11.3 Å². The normalized spacial score (nSPS) is 14.1. The third kappa shape index (κ3) is 4.01. The van der Waals surface area contributed by atoms with Crippen molar-refractivity contribution in [1.29, 1.82) is 5.26 Å². The van der Waals surface area contributed by atoms with E-state index in [-0.39, 0.29) is 27.6 Å². The minimum Gasteiger partial charge on any atom is -0.494 e. The van der Waals surface area contributed by atoms with Gasteiger partial charge >= 0.3 is 5.69 Å². The quantitative estimate of drug-likeness (QED) is 0.204. The first-order valence-corrected chi connectivity index (χ1v) is 10.8. The molecule has 0 atom stereocenters. The van der Waals surface area contributed by atoms with Crippen LogP contribution in [0.25, 0.3) is 5.70 Å². The van der Waals surface area contributed by atoms with E-state index in [1.807, 2.05) is 4.98 Å². The monoisotopic (exact) mass is 479 g/mol. The van der Waals surface area contributed by atoms with Crippen LogP contribution in [-0.2, 0) is 14.9 Å². The van der Waals surface area contributed by atoms with Crippen LogP contribution in [0.4, 0.5) is 5.69 Å². The molecule has 0 saturated heterocycles. The Morgan fingerprint density at radius 1 is 1.03 bits per heavy atom. The minimum absolute atomic E-state index is 0.0568. The lowest BCUT2D eigenvalue weighted by Gasteiger charge is -2.07. The van der Waals surface area contributed by atoms with E-state index in [1.165, 1.54) is 12.1 Å². The molecular weight excluding hydrogens is 466 g/mol. The molecule has 1 aromatic heterocycles. The van der Waals surface area contributed by atoms with E-state index < -0.39 is 38.7 Å². The first-order valence-electron chi connectivity index (χ1n) is 9.38. The van der Waals surface area contributed by atoms with Gasteiger partial charge in [0.1, 0.15) is 17.2 Å². The summed E-state index contributed by atoms with van der Waals surface area (Å²) in [4.78, 5) is 44.5. The van der Waals surface area contributed by atoms with Crippen LogP contribution in [-0.4, -0.2) is 39.7 Å². The van der Waals surface area contributed by atoms with Crippen LogP contribution in [0.1, 0.15) is 16.7 Å². The molecule has 12 nitrogen and oxygen atoms in total. The van der Waals surface area contributed by atoms with Crippen LogP contribution in [0.5, 0.6) is 5.88 Å². The molecule has 0 unspecified atom stereocenters. The number of nitrogens with zero attached hydrogens (tertiary/aromatic N) is 2. The number of carbonyl (C=O) groups is 1. The maximum absolute atomic E-state index is 12.9. The number of aliphatic imine (C=N–C) groups is 1. The number of aromatic amines is 2. The predicted molar refractivity (Wildman–Crippen MR) is 119 cm³/mol. The zero-order valence-electron chi connectivity index (χ0n) is 16.9. The summed E-state index contributed by atoms with van der Waals surface area (Å²) in [7, 11) is -4.42. The largest absolute Gasteiger partial charge is 0.494 e. The average Bonchev–Trinajstić information content (AvgIpc) is 3.12. The Hall–Kier alpha value is -4.80. The Balaban J connectivity index is 1.81. The fourth-order valence-electron chi connectivity index (χ4n) is 3.32. The van der Waals surface area contributed by atoms with E-state index in [2.05, 4.69) is 15.3 Å². The second-order valence-corrected chi connectivity index (χ2v) is 8.35. The van der Waals surface area contributed by atoms with Gasteiger partial charge in [0.25, 0.3) is 21.6 Å². The Morgan fingerprint density at radius 3 is 2.26 bits per heavy atom. The number of carbonyl (C=O) groups excluding carboxylic acids is 1. The van der Waals surface area contributed by atoms with E-state index in [9.17, 15) is 33.2 Å². The Morgan fingerprint density at radius 2 is 1.68 bits per heavy atom. The third-order valence-corrected chi connectivity index (χ3v) is 5.67. The fourth-order valence-corrected chi connectivity index (χ4v) is 3.80. The number of hydrogen-bond donors (Lipinski definition) is 5. The number of H-pyrrole nitrogens is 2. The van der Waals surface area contributed by atoms with Gasteiger partial charge in [0.05, 0.1) is 16.3 Å². The van der Waals surface area contributed by atoms with Gasteiger partial charge in [-0.3, -0.25) is 24.1 Å². The molecule has 3 aromatic rings. The number of fused-ring (bicyclic) bond motifs is 1. The lowest BCUT2D eigenvalue weighted by Crippen LogP contribution is -2.27. The van der Waals surface area contributed by atoms with Gasteiger partial charge in [0, 0.05) is 16.8 Å². The molecule has 2 heterocycles. The van der Waals surface area contributed by atoms with Crippen LogP contribution < -0.4 is 16.6 Å². The number of nitrogens with one attached hydrogen (secondary N) is 3. The summed E-state index contributed by atoms with van der Waals surface area (Å²) in [6.07, 6.45) is 0. The summed E-state index contributed by atoms with van der Waals surface area (Å²) in [5.41, 5.74) is -1.95. The molecule has 5 N–H and O–H groups in total. The van der Waals surface area contributed by atoms with Crippen molar-refractivity contribution in [3.8, 4) is 11.9 Å². The maximum Gasteiger partial charge on any atom is 0.328 e. The van der Waals surface area contributed by atoms with E-state index in [0.29, 0.717) is 11.1 Å². The number of rotatable bonds is 4. The molecule has 2 aromatic carbocycles. The molecule has 0 aliphatic carbocycles. The van der Waals surface area contributed by atoms with Crippen LogP contribution >= 0.6 is 0 Å². The fraction of sp³-hybridized carbons (Fsp3) is 0. The molecule has 0 spiro atoms. The number of aromatic nitrogens is 2. The molecule has 0 radical (unpaired) electrons. The zero-order valence-corrected chi connectivity index (χ0v) is 17.7. The summed E-state index contributed by atoms with van der Waals surface area (Å²) in [5.74, 6) is -1.61. The van der Waals surface area contributed by atoms with Crippen molar-refractivity contribution in [2.24, 2.45) is 4.99 Å². The highest BCUT2D eigenvalue weighted by atomic mass is 32.2. The Kier molecular flexibility index (Phi) is 5.45. The number of aromatic hydroxyl groups is 1. The average molecular weight is 479 g/mol. The molecule has 0 fully saturated rings. The standard InChI is InChI=1S/C21H13N5O7S/c22-9-14(18(27)23-10-5-7-11(8-6-10)34(31,32)33)16-12-3-1-2-4-13(12)17(24-16)15-19(28)25-21(30)26-20(15)29/h1-8H,(H,23,27)(H,31,32,33)(H3,25,26,28,29,30)/b16-14-. The van der Waals surface area contributed by atoms with Gasteiger partial charge in [0.15, 0.2) is 0 Å². The van der Waals surface area contributed by atoms with Crippen molar-refractivity contribution < 1.29 is 22.9 Å².